The number of aliphatic carboxylic acids is 1. The van der Waals surface area contributed by atoms with Crippen LogP contribution in [0.15, 0.2) is 12.1 Å². The molecule has 1 aliphatic heterocycles. The predicted molar refractivity (Wildman–Crippen MR) is 69.9 cm³/mol. The van der Waals surface area contributed by atoms with Crippen LogP contribution < -0.4 is 9.47 Å². The number of hydrogen-bond acceptors (Lipinski definition) is 3. The van der Waals surface area contributed by atoms with Crippen molar-refractivity contribution >= 4 is 5.97 Å². The summed E-state index contributed by atoms with van der Waals surface area (Å²) in [5, 5.41) is 9.69. The molecule has 5 heteroatoms. The number of rotatable bonds is 3. The summed E-state index contributed by atoms with van der Waals surface area (Å²) in [6.45, 7) is 1.49. The Morgan fingerprint density at radius 3 is 2.65 bits per heavy atom. The maximum Gasteiger partial charge on any atom is 0.314 e. The quantitative estimate of drug-likeness (QED) is 0.922. The van der Waals surface area contributed by atoms with Crippen LogP contribution in [0.25, 0.3) is 0 Å². The maximum atomic E-state index is 13.7. The number of alkyl halides is 1. The SMILES string of the molecule is CC(F)c1cc2c(c(C3(C(=O)O)CCCC3)c1)OCO2. The summed E-state index contributed by atoms with van der Waals surface area (Å²) >= 11 is 0. The van der Waals surface area contributed by atoms with Crippen molar-refractivity contribution in [1.29, 1.82) is 0 Å². The van der Waals surface area contributed by atoms with Gasteiger partial charge >= 0.3 is 5.97 Å². The lowest BCUT2D eigenvalue weighted by atomic mass is 9.77. The van der Waals surface area contributed by atoms with Gasteiger partial charge in [-0.2, -0.15) is 0 Å². The van der Waals surface area contributed by atoms with Gasteiger partial charge in [0.25, 0.3) is 0 Å². The fourth-order valence-electron chi connectivity index (χ4n) is 3.19. The minimum atomic E-state index is -1.17. The van der Waals surface area contributed by atoms with Gasteiger partial charge in [-0.15, -0.1) is 0 Å². The molecule has 1 N–H and O–H groups in total. The van der Waals surface area contributed by atoms with Crippen LogP contribution in [0, 0.1) is 0 Å². The van der Waals surface area contributed by atoms with Crippen molar-refractivity contribution in [3.63, 3.8) is 0 Å². The fourth-order valence-corrected chi connectivity index (χ4v) is 3.19. The van der Waals surface area contributed by atoms with Crippen molar-refractivity contribution in [2.24, 2.45) is 0 Å². The van der Waals surface area contributed by atoms with E-state index in [1.807, 2.05) is 0 Å². The number of fused-ring (bicyclic) bond motifs is 1. The molecule has 4 nitrogen and oxygen atoms in total. The Balaban J connectivity index is 2.19. The number of hydrogen-bond donors (Lipinski definition) is 1. The lowest BCUT2D eigenvalue weighted by Crippen LogP contribution is -2.33. The molecule has 0 saturated heterocycles. The Kier molecular flexibility index (Phi) is 3.07. The number of halogens is 1. The Bertz CT molecular complexity index is 547. The van der Waals surface area contributed by atoms with Gasteiger partial charge in [0.1, 0.15) is 6.17 Å². The zero-order chi connectivity index (χ0) is 14.3. The van der Waals surface area contributed by atoms with E-state index in [4.69, 9.17) is 9.47 Å². The lowest BCUT2D eigenvalue weighted by Gasteiger charge is -2.26. The van der Waals surface area contributed by atoms with E-state index in [1.165, 1.54) is 6.92 Å². The van der Waals surface area contributed by atoms with E-state index in [0.29, 0.717) is 35.5 Å². The van der Waals surface area contributed by atoms with Crippen LogP contribution in [0.1, 0.15) is 49.9 Å². The molecular weight excluding hydrogens is 263 g/mol. The van der Waals surface area contributed by atoms with Crippen LogP contribution in [-0.2, 0) is 10.2 Å². The minimum Gasteiger partial charge on any atom is -0.481 e. The summed E-state index contributed by atoms with van der Waals surface area (Å²) in [6.07, 6.45) is 1.66. The van der Waals surface area contributed by atoms with Crippen molar-refractivity contribution in [2.45, 2.75) is 44.2 Å². The number of benzene rings is 1. The highest BCUT2D eigenvalue weighted by molar-refractivity contribution is 5.83. The molecule has 108 valence electrons. The molecule has 1 heterocycles. The monoisotopic (exact) mass is 280 g/mol. The normalized spacial score (nSPS) is 20.9. The van der Waals surface area contributed by atoms with E-state index in [-0.39, 0.29) is 6.79 Å². The summed E-state index contributed by atoms with van der Waals surface area (Å²) in [6, 6.07) is 3.23. The van der Waals surface area contributed by atoms with Gasteiger partial charge < -0.3 is 14.6 Å². The van der Waals surface area contributed by atoms with E-state index in [1.54, 1.807) is 12.1 Å². The molecule has 1 aromatic carbocycles. The molecule has 0 aromatic heterocycles. The smallest absolute Gasteiger partial charge is 0.314 e. The van der Waals surface area contributed by atoms with Gasteiger partial charge in [-0.3, -0.25) is 4.79 Å². The summed E-state index contributed by atoms with van der Waals surface area (Å²) < 4.78 is 24.4. The molecule has 1 aliphatic carbocycles. The van der Waals surface area contributed by atoms with E-state index in [2.05, 4.69) is 0 Å². The molecule has 3 rings (SSSR count). The highest BCUT2D eigenvalue weighted by Gasteiger charge is 2.46. The van der Waals surface area contributed by atoms with Crippen LogP contribution in [-0.4, -0.2) is 17.9 Å². The Labute approximate surface area is 116 Å². The molecule has 20 heavy (non-hydrogen) atoms. The second kappa shape index (κ2) is 4.65. The van der Waals surface area contributed by atoms with Crippen molar-refractivity contribution in [1.82, 2.24) is 0 Å². The van der Waals surface area contributed by atoms with Crippen LogP contribution >= 0.6 is 0 Å². The van der Waals surface area contributed by atoms with Crippen molar-refractivity contribution in [3.05, 3.63) is 23.3 Å². The summed E-state index contributed by atoms with van der Waals surface area (Å²) in [4.78, 5) is 11.8. The molecular formula is C15H17FO4. The molecule has 2 aliphatic rings. The van der Waals surface area contributed by atoms with E-state index in [9.17, 15) is 14.3 Å². The van der Waals surface area contributed by atoms with Gasteiger partial charge in [0.05, 0.1) is 5.41 Å². The van der Waals surface area contributed by atoms with Crippen molar-refractivity contribution < 1.29 is 23.8 Å². The third kappa shape index (κ3) is 1.84. The van der Waals surface area contributed by atoms with Gasteiger partial charge in [-0.05, 0) is 37.5 Å². The van der Waals surface area contributed by atoms with E-state index in [0.717, 1.165) is 12.8 Å². The van der Waals surface area contributed by atoms with Gasteiger partial charge in [-0.1, -0.05) is 12.8 Å². The first-order valence-corrected chi connectivity index (χ1v) is 6.86. The first-order valence-electron chi connectivity index (χ1n) is 6.86. The molecule has 0 radical (unpaired) electrons. The Morgan fingerprint density at radius 2 is 2.05 bits per heavy atom. The molecule has 1 atom stereocenters. The second-order valence-corrected chi connectivity index (χ2v) is 5.51. The first-order chi connectivity index (χ1) is 9.54. The summed E-state index contributed by atoms with van der Waals surface area (Å²) in [5.41, 5.74) is 0.0386. The third-order valence-electron chi connectivity index (χ3n) is 4.34. The molecule has 1 aromatic rings. The lowest BCUT2D eigenvalue weighted by molar-refractivity contribution is -0.143. The van der Waals surface area contributed by atoms with Gasteiger partial charge in [-0.25, -0.2) is 4.39 Å². The highest BCUT2D eigenvalue weighted by Crippen LogP contribution is 2.50. The fraction of sp³-hybridized carbons (Fsp3) is 0.533. The van der Waals surface area contributed by atoms with Crippen LogP contribution in [0.3, 0.4) is 0 Å². The van der Waals surface area contributed by atoms with Gasteiger partial charge in [0.2, 0.25) is 6.79 Å². The van der Waals surface area contributed by atoms with Crippen molar-refractivity contribution in [3.8, 4) is 11.5 Å². The minimum absolute atomic E-state index is 0.0577. The zero-order valence-electron chi connectivity index (χ0n) is 11.3. The molecule has 0 spiro atoms. The number of carbonyl (C=O) groups is 1. The first kappa shape index (κ1) is 13.2. The summed E-state index contributed by atoms with van der Waals surface area (Å²) in [7, 11) is 0. The molecule has 1 fully saturated rings. The van der Waals surface area contributed by atoms with Gasteiger partial charge in [0.15, 0.2) is 11.5 Å². The third-order valence-corrected chi connectivity index (χ3v) is 4.34. The number of ether oxygens (including phenoxy) is 2. The molecule has 0 bridgehead atoms. The maximum absolute atomic E-state index is 13.7. The van der Waals surface area contributed by atoms with Gasteiger partial charge in [0, 0.05) is 5.56 Å². The standard InChI is InChI=1S/C15H17FO4/c1-9(16)10-6-11(13-12(7-10)19-8-20-13)15(14(17)18)4-2-3-5-15/h6-7,9H,2-5,8H2,1H3,(H,17,18). The Morgan fingerprint density at radius 1 is 1.35 bits per heavy atom. The van der Waals surface area contributed by atoms with Crippen molar-refractivity contribution in [2.75, 3.05) is 6.79 Å². The van der Waals surface area contributed by atoms with Crippen LogP contribution in [0.4, 0.5) is 4.39 Å². The average molecular weight is 280 g/mol. The predicted octanol–water partition coefficient (Wildman–Crippen LogP) is 3.34. The molecule has 1 saturated carbocycles. The summed E-state index contributed by atoms with van der Waals surface area (Å²) in [5.74, 6) is 0.0598. The molecule has 0 amide bonds. The molecule has 1 unspecified atom stereocenters. The zero-order valence-corrected chi connectivity index (χ0v) is 11.3. The van der Waals surface area contributed by atoms with E-state index < -0.39 is 17.6 Å². The number of carboxylic acid groups (broad SMARTS) is 1. The average Bonchev–Trinajstić information content (AvgIpc) is 3.07. The number of carboxylic acids is 1. The Hall–Kier alpha value is -1.78. The topological polar surface area (TPSA) is 55.8 Å². The van der Waals surface area contributed by atoms with Crippen LogP contribution in [0.5, 0.6) is 11.5 Å². The largest absolute Gasteiger partial charge is 0.481 e. The van der Waals surface area contributed by atoms with E-state index >= 15 is 0 Å². The van der Waals surface area contributed by atoms with Crippen LogP contribution in [0.2, 0.25) is 0 Å². The second-order valence-electron chi connectivity index (χ2n) is 5.51. The highest BCUT2D eigenvalue weighted by atomic mass is 19.1.